The molecule has 1 N–H and O–H groups in total. The second-order valence-electron chi connectivity index (χ2n) is 7.63. The van der Waals surface area contributed by atoms with Crippen LogP contribution in [0, 0.1) is 0 Å². The van der Waals surface area contributed by atoms with E-state index in [-0.39, 0.29) is 16.7 Å². The predicted molar refractivity (Wildman–Crippen MR) is 137 cm³/mol. The zero-order chi connectivity index (χ0) is 23.4. The first-order chi connectivity index (χ1) is 15.5. The molecule has 1 aliphatic heterocycles. The number of allylic oxidation sites excluding steroid dienone is 3. The highest BCUT2D eigenvalue weighted by Crippen LogP contribution is 2.25. The highest BCUT2D eigenvalue weighted by atomic mass is 32.2. The largest absolute Gasteiger partial charge is 0.381 e. The molecule has 5 heteroatoms. The van der Waals surface area contributed by atoms with Gasteiger partial charge in [-0.05, 0) is 42.7 Å². The molecule has 4 nitrogen and oxygen atoms in total. The van der Waals surface area contributed by atoms with Crippen molar-refractivity contribution in [2.45, 2.75) is 45.0 Å². The van der Waals surface area contributed by atoms with Crippen molar-refractivity contribution in [2.24, 2.45) is 0 Å². The minimum atomic E-state index is -3.48. The number of hydrogen-bond acceptors (Lipinski definition) is 4. The van der Waals surface area contributed by atoms with Gasteiger partial charge < -0.3 is 5.32 Å². The molecular weight excluding hydrogens is 416 g/mol. The molecule has 0 aliphatic carbocycles. The zero-order valence-electron chi connectivity index (χ0n) is 19.3. The first-order valence-electron chi connectivity index (χ1n) is 11.3. The van der Waals surface area contributed by atoms with E-state index in [9.17, 15) is 8.42 Å². The van der Waals surface area contributed by atoms with Crippen molar-refractivity contribution in [1.82, 2.24) is 4.90 Å². The van der Waals surface area contributed by atoms with Gasteiger partial charge in [-0.15, -0.1) is 0 Å². The van der Waals surface area contributed by atoms with Crippen molar-refractivity contribution >= 4 is 15.5 Å². The van der Waals surface area contributed by atoms with Crippen molar-refractivity contribution in [1.29, 1.82) is 0 Å². The molecule has 172 valence electrons. The molecule has 1 saturated heterocycles. The molecule has 0 radical (unpaired) electrons. The molecule has 1 aliphatic rings. The number of rotatable bonds is 9. The van der Waals surface area contributed by atoms with Gasteiger partial charge in [0.15, 0.2) is 9.84 Å². The highest BCUT2D eigenvalue weighted by molar-refractivity contribution is 7.94. The number of nitrogens with zero attached hydrogens (tertiary/aromatic N) is 1. The number of sulfone groups is 1. The average molecular weight is 453 g/mol. The summed E-state index contributed by atoms with van der Waals surface area (Å²) in [4.78, 5) is 2.65. The van der Waals surface area contributed by atoms with Gasteiger partial charge in [-0.25, -0.2) is 8.42 Å². The Labute approximate surface area is 194 Å². The van der Waals surface area contributed by atoms with E-state index >= 15 is 0 Å². The fourth-order valence-electron chi connectivity index (χ4n) is 3.87. The third-order valence-corrected chi connectivity index (χ3v) is 7.03. The maximum atomic E-state index is 12.8. The standard InChI is InChI=1S/C25H30N2O2S.C2H6/c1-3-11-24(4-2)30(28,29)20-22-14-8-9-16-25(22)26-23-15-10-17-27(19-23)18-21-12-6-5-7-13-21;1-2/h3-9,11-14,16,23,26H,1-2,10,15,17-20H2;1-2H3/b24-11+;. The maximum Gasteiger partial charge on any atom is 0.182 e. The van der Waals surface area contributed by atoms with Crippen LogP contribution >= 0.6 is 0 Å². The van der Waals surface area contributed by atoms with Crippen LogP contribution in [0.1, 0.15) is 37.8 Å². The molecule has 3 rings (SSSR count). The molecule has 0 saturated carbocycles. The lowest BCUT2D eigenvalue weighted by Gasteiger charge is -2.34. The Kier molecular flexibility index (Phi) is 10.4. The zero-order valence-corrected chi connectivity index (χ0v) is 20.2. The lowest BCUT2D eigenvalue weighted by Crippen LogP contribution is -2.41. The number of piperidine rings is 1. The number of likely N-dealkylation sites (tertiary alicyclic amines) is 1. The van der Waals surface area contributed by atoms with Gasteiger partial charge in [0.1, 0.15) is 0 Å². The summed E-state index contributed by atoms with van der Waals surface area (Å²) in [5.41, 5.74) is 2.97. The molecule has 1 heterocycles. The van der Waals surface area contributed by atoms with Crippen LogP contribution in [0.5, 0.6) is 0 Å². The Morgan fingerprint density at radius 2 is 1.78 bits per heavy atom. The quantitative estimate of drug-likeness (QED) is 0.477. The normalized spacial score (nSPS) is 17.1. The van der Waals surface area contributed by atoms with Gasteiger partial charge in [0.25, 0.3) is 0 Å². The molecule has 1 fully saturated rings. The highest BCUT2D eigenvalue weighted by Gasteiger charge is 2.22. The van der Waals surface area contributed by atoms with Crippen LogP contribution in [-0.2, 0) is 22.1 Å². The Balaban J connectivity index is 0.00000176. The Morgan fingerprint density at radius 1 is 1.09 bits per heavy atom. The van der Waals surface area contributed by atoms with Gasteiger partial charge in [-0.3, -0.25) is 4.90 Å². The van der Waals surface area contributed by atoms with Crippen LogP contribution in [-0.4, -0.2) is 32.4 Å². The van der Waals surface area contributed by atoms with E-state index in [4.69, 9.17) is 0 Å². The van der Waals surface area contributed by atoms with Gasteiger partial charge in [0, 0.05) is 24.8 Å². The van der Waals surface area contributed by atoms with E-state index in [0.29, 0.717) is 0 Å². The Bertz CT molecular complexity index is 997. The molecule has 0 bridgehead atoms. The molecule has 1 atom stereocenters. The van der Waals surface area contributed by atoms with Crippen molar-refractivity contribution in [3.63, 3.8) is 0 Å². The monoisotopic (exact) mass is 452 g/mol. The van der Waals surface area contributed by atoms with Gasteiger partial charge in [-0.2, -0.15) is 0 Å². The predicted octanol–water partition coefficient (Wildman–Crippen LogP) is 5.96. The van der Waals surface area contributed by atoms with Gasteiger partial charge in [0.2, 0.25) is 0 Å². The second kappa shape index (κ2) is 13.0. The van der Waals surface area contributed by atoms with Crippen LogP contribution in [0.15, 0.2) is 90.9 Å². The topological polar surface area (TPSA) is 49.4 Å². The van der Waals surface area contributed by atoms with Crippen LogP contribution < -0.4 is 5.32 Å². The van der Waals surface area contributed by atoms with Gasteiger partial charge in [-0.1, -0.05) is 87.7 Å². The first kappa shape index (κ1) is 25.6. The van der Waals surface area contributed by atoms with Crippen LogP contribution in [0.2, 0.25) is 0 Å². The van der Waals surface area contributed by atoms with Crippen molar-refractivity contribution < 1.29 is 8.42 Å². The molecular formula is C27H36N2O2S. The van der Waals surface area contributed by atoms with Gasteiger partial charge >= 0.3 is 0 Å². The maximum absolute atomic E-state index is 12.8. The number of benzene rings is 2. The minimum Gasteiger partial charge on any atom is -0.381 e. The molecule has 2 aromatic carbocycles. The second-order valence-corrected chi connectivity index (χ2v) is 9.62. The van der Waals surface area contributed by atoms with E-state index in [1.54, 1.807) is 0 Å². The average Bonchev–Trinajstić information content (AvgIpc) is 2.81. The van der Waals surface area contributed by atoms with Crippen LogP contribution in [0.4, 0.5) is 5.69 Å². The number of nitrogens with one attached hydrogen (secondary N) is 1. The third kappa shape index (κ3) is 7.50. The summed E-state index contributed by atoms with van der Waals surface area (Å²) in [5.74, 6) is -0.0671. The lowest BCUT2D eigenvalue weighted by atomic mass is 10.0. The van der Waals surface area contributed by atoms with E-state index in [0.717, 1.165) is 43.7 Å². The molecule has 0 aromatic heterocycles. The number of hydrogen-bond donors (Lipinski definition) is 1. The van der Waals surface area contributed by atoms with E-state index < -0.39 is 9.84 Å². The molecule has 0 spiro atoms. The number of para-hydroxylation sites is 1. The molecule has 2 aromatic rings. The van der Waals surface area contributed by atoms with Crippen molar-refractivity contribution in [3.8, 4) is 0 Å². The summed E-state index contributed by atoms with van der Waals surface area (Å²) in [6.07, 6.45) is 6.52. The summed E-state index contributed by atoms with van der Waals surface area (Å²) in [6.45, 7) is 14.2. The summed E-state index contributed by atoms with van der Waals surface area (Å²) >= 11 is 0. The summed E-state index contributed by atoms with van der Waals surface area (Å²) in [7, 11) is -3.48. The summed E-state index contributed by atoms with van der Waals surface area (Å²) < 4.78 is 25.6. The van der Waals surface area contributed by atoms with E-state index in [1.807, 2.05) is 44.2 Å². The summed E-state index contributed by atoms with van der Waals surface area (Å²) in [5, 5.41) is 3.61. The SMILES string of the molecule is C=C/C=C(\C=C)S(=O)(=O)Cc1ccccc1NC1CCCN(Cc2ccccc2)C1.CC. The van der Waals surface area contributed by atoms with Crippen molar-refractivity contribution in [2.75, 3.05) is 18.4 Å². The smallest absolute Gasteiger partial charge is 0.182 e. The summed E-state index contributed by atoms with van der Waals surface area (Å²) in [6, 6.07) is 18.4. The minimum absolute atomic E-state index is 0.0671. The molecule has 32 heavy (non-hydrogen) atoms. The molecule has 0 amide bonds. The van der Waals surface area contributed by atoms with Crippen molar-refractivity contribution in [3.05, 3.63) is 102 Å². The van der Waals surface area contributed by atoms with Crippen LogP contribution in [0.3, 0.4) is 0 Å². The van der Waals surface area contributed by atoms with E-state index in [1.165, 1.54) is 23.8 Å². The fourth-order valence-corrected chi connectivity index (χ4v) is 5.25. The van der Waals surface area contributed by atoms with Gasteiger partial charge in [0.05, 0.1) is 10.7 Å². The Hall–Kier alpha value is -2.63. The van der Waals surface area contributed by atoms with E-state index in [2.05, 4.69) is 47.6 Å². The van der Waals surface area contributed by atoms with Crippen LogP contribution in [0.25, 0.3) is 0 Å². The number of anilines is 1. The third-order valence-electron chi connectivity index (χ3n) is 5.32. The fraction of sp³-hybridized carbons (Fsp3) is 0.333. The first-order valence-corrected chi connectivity index (χ1v) is 13.0. The lowest BCUT2D eigenvalue weighted by molar-refractivity contribution is 0.208. The Morgan fingerprint density at radius 3 is 2.47 bits per heavy atom. The molecule has 1 unspecified atom stereocenters.